The van der Waals surface area contributed by atoms with E-state index < -0.39 is 0 Å². The molecule has 1 unspecified atom stereocenters. The number of hydrogen-bond donors (Lipinski definition) is 0. The Balaban J connectivity index is 1.22. The van der Waals surface area contributed by atoms with E-state index in [2.05, 4.69) is 34.7 Å². The van der Waals surface area contributed by atoms with Gasteiger partial charge >= 0.3 is 0 Å². The number of fused-ring (bicyclic) bond motifs is 3. The first-order valence-corrected chi connectivity index (χ1v) is 13.0. The molecule has 5 nitrogen and oxygen atoms in total. The van der Waals surface area contributed by atoms with Crippen LogP contribution in [0.1, 0.15) is 55.6 Å². The van der Waals surface area contributed by atoms with Crippen LogP contribution in [0.4, 0.5) is 5.69 Å². The Morgan fingerprint density at radius 1 is 1.00 bits per heavy atom. The van der Waals surface area contributed by atoms with Crippen molar-refractivity contribution >= 4 is 11.4 Å². The molecule has 0 N–H and O–H groups in total. The Hall–Kier alpha value is -3.18. The van der Waals surface area contributed by atoms with Gasteiger partial charge in [0.2, 0.25) is 5.69 Å². The molecule has 0 spiro atoms. The Morgan fingerprint density at radius 3 is 2.63 bits per heavy atom. The van der Waals surface area contributed by atoms with E-state index in [0.717, 1.165) is 30.3 Å². The van der Waals surface area contributed by atoms with E-state index >= 15 is 0 Å². The van der Waals surface area contributed by atoms with Crippen LogP contribution in [0, 0.1) is 0 Å². The number of rotatable bonds is 5. The second-order valence-corrected chi connectivity index (χ2v) is 10.2. The van der Waals surface area contributed by atoms with Crippen LogP contribution in [0.5, 0.6) is 5.75 Å². The van der Waals surface area contributed by atoms with Gasteiger partial charge in [0.05, 0.1) is 11.6 Å². The molecule has 2 aliphatic heterocycles. The van der Waals surface area contributed by atoms with Gasteiger partial charge in [0.1, 0.15) is 19.4 Å². The maximum absolute atomic E-state index is 13.0. The summed E-state index contributed by atoms with van der Waals surface area (Å²) in [5.41, 5.74) is 6.08. The summed E-state index contributed by atoms with van der Waals surface area (Å²) in [6.45, 7) is 2.75. The predicted octanol–water partition coefficient (Wildman–Crippen LogP) is 5.27. The number of piperidine rings is 1. The van der Waals surface area contributed by atoms with Crippen LogP contribution in [-0.4, -0.2) is 45.9 Å². The van der Waals surface area contributed by atoms with Gasteiger partial charge in [-0.15, -0.1) is 0 Å². The smallest absolute Gasteiger partial charge is 0.258 e. The second-order valence-electron chi connectivity index (χ2n) is 10.2. The molecule has 3 aromatic rings. The molecule has 2 fully saturated rings. The molecule has 1 aromatic heterocycles. The summed E-state index contributed by atoms with van der Waals surface area (Å²) in [6, 6.07) is 20.7. The number of pyridine rings is 1. The van der Waals surface area contributed by atoms with Gasteiger partial charge in [-0.2, -0.15) is 0 Å². The number of aromatic nitrogens is 1. The summed E-state index contributed by atoms with van der Waals surface area (Å²) in [5, 5.41) is 0. The molecule has 180 valence electrons. The van der Waals surface area contributed by atoms with Crippen LogP contribution in [0.15, 0.2) is 71.7 Å². The summed E-state index contributed by atoms with van der Waals surface area (Å²) in [5.74, 6) is 1.07. The molecule has 0 amide bonds. The molecule has 0 radical (unpaired) electrons. The maximum atomic E-state index is 13.0. The van der Waals surface area contributed by atoms with E-state index in [9.17, 15) is 4.79 Å². The summed E-state index contributed by atoms with van der Waals surface area (Å²) in [4.78, 5) is 15.7. The van der Waals surface area contributed by atoms with Gasteiger partial charge in [-0.3, -0.25) is 14.3 Å². The first-order chi connectivity index (χ1) is 17.2. The largest absolute Gasteiger partial charge is 0.489 e. The molecule has 2 aromatic carbocycles. The quantitative estimate of drug-likeness (QED) is 0.479. The van der Waals surface area contributed by atoms with Gasteiger partial charge in [0.15, 0.2) is 5.71 Å². The molecule has 3 aliphatic rings. The Morgan fingerprint density at radius 2 is 1.83 bits per heavy atom. The van der Waals surface area contributed by atoms with Gasteiger partial charge < -0.3 is 4.74 Å². The van der Waals surface area contributed by atoms with E-state index in [1.807, 2.05) is 42.6 Å². The van der Waals surface area contributed by atoms with Crippen LogP contribution < -0.4 is 10.3 Å². The summed E-state index contributed by atoms with van der Waals surface area (Å²) in [7, 11) is 2.19. The standard InChI is InChI=1S/C30H34N3O2/c1-31-28-15-16-32(23-10-6-3-7-11-23)20-27(28)26-13-12-24(18-29(26)31)33-17-14-25(19-30(33)34)35-21-22-8-4-2-5-9-22/h2,4-5,8-9,12-14,17-19,23,27H,3,6-7,10-11,15-16,20-21H2,1H3/q+1. The zero-order valence-electron chi connectivity index (χ0n) is 20.5. The molecule has 1 saturated carbocycles. The van der Waals surface area contributed by atoms with Crippen molar-refractivity contribution in [2.45, 2.75) is 57.1 Å². The van der Waals surface area contributed by atoms with Gasteiger partial charge in [-0.1, -0.05) is 49.6 Å². The molecular weight excluding hydrogens is 434 g/mol. The minimum Gasteiger partial charge on any atom is -0.489 e. The molecule has 5 heteroatoms. The highest BCUT2D eigenvalue weighted by atomic mass is 16.5. The van der Waals surface area contributed by atoms with Gasteiger partial charge in [-0.25, -0.2) is 4.58 Å². The van der Waals surface area contributed by atoms with Crippen LogP contribution >= 0.6 is 0 Å². The lowest BCUT2D eigenvalue weighted by Crippen LogP contribution is -2.46. The molecule has 0 bridgehead atoms. The number of ether oxygens (including phenoxy) is 1. The van der Waals surface area contributed by atoms with Crippen LogP contribution in [0.3, 0.4) is 0 Å². The molecule has 3 heterocycles. The number of benzene rings is 2. The van der Waals surface area contributed by atoms with E-state index in [1.54, 1.807) is 10.6 Å². The average molecular weight is 469 g/mol. The number of likely N-dealkylation sites (tertiary alicyclic amines) is 1. The minimum absolute atomic E-state index is 0.0790. The zero-order chi connectivity index (χ0) is 23.8. The van der Waals surface area contributed by atoms with Crippen molar-refractivity contribution in [1.29, 1.82) is 0 Å². The van der Waals surface area contributed by atoms with Gasteiger partial charge in [0.25, 0.3) is 5.56 Å². The fourth-order valence-corrected chi connectivity index (χ4v) is 6.25. The van der Waals surface area contributed by atoms with Crippen LogP contribution in [0.2, 0.25) is 0 Å². The van der Waals surface area contributed by atoms with Gasteiger partial charge in [0, 0.05) is 49.4 Å². The highest BCUT2D eigenvalue weighted by Gasteiger charge is 2.42. The van der Waals surface area contributed by atoms with Crippen molar-refractivity contribution < 1.29 is 9.31 Å². The van der Waals surface area contributed by atoms with Crippen molar-refractivity contribution in [2.24, 2.45) is 0 Å². The summed E-state index contributed by atoms with van der Waals surface area (Å²) >= 11 is 0. The highest BCUT2D eigenvalue weighted by molar-refractivity contribution is 5.93. The molecule has 1 atom stereocenters. The van der Waals surface area contributed by atoms with Crippen LogP contribution in [0.25, 0.3) is 5.69 Å². The first-order valence-electron chi connectivity index (χ1n) is 13.0. The topological polar surface area (TPSA) is 37.5 Å². The normalized spacial score (nSPS) is 20.5. The number of hydrogen-bond acceptors (Lipinski definition) is 3. The van der Waals surface area contributed by atoms with Crippen molar-refractivity contribution in [3.63, 3.8) is 0 Å². The third-order valence-corrected chi connectivity index (χ3v) is 8.16. The molecule has 35 heavy (non-hydrogen) atoms. The second kappa shape index (κ2) is 9.46. The minimum atomic E-state index is -0.0790. The van der Waals surface area contributed by atoms with Gasteiger partial charge in [-0.05, 0) is 36.6 Å². The fourth-order valence-electron chi connectivity index (χ4n) is 6.25. The van der Waals surface area contributed by atoms with E-state index in [0.29, 0.717) is 18.3 Å². The molecule has 1 aliphatic carbocycles. The average Bonchev–Trinajstić information content (AvgIpc) is 3.19. The SMILES string of the molecule is C[N+]1=C2CCN(C3CCCCC3)CC2c2ccc(-n3ccc(OCc4ccccc4)cc3=O)cc21. The van der Waals surface area contributed by atoms with Crippen molar-refractivity contribution in [1.82, 2.24) is 9.47 Å². The molecular formula is C30H34N3O2+. The van der Waals surface area contributed by atoms with Crippen molar-refractivity contribution in [2.75, 3.05) is 20.1 Å². The van der Waals surface area contributed by atoms with Crippen LogP contribution in [-0.2, 0) is 6.61 Å². The predicted molar refractivity (Wildman–Crippen MR) is 139 cm³/mol. The lowest BCUT2D eigenvalue weighted by molar-refractivity contribution is -0.403. The van der Waals surface area contributed by atoms with Crippen molar-refractivity contribution in [3.8, 4) is 11.4 Å². The van der Waals surface area contributed by atoms with Crippen molar-refractivity contribution in [3.05, 3.63) is 88.3 Å². The first kappa shape index (κ1) is 22.3. The number of nitrogens with zero attached hydrogens (tertiary/aromatic N) is 3. The molecule has 6 rings (SSSR count). The molecule has 1 saturated heterocycles. The van der Waals surface area contributed by atoms with E-state index in [4.69, 9.17) is 4.74 Å². The lowest BCUT2D eigenvalue weighted by atomic mass is 9.87. The fraction of sp³-hybridized carbons (Fsp3) is 0.400. The Bertz CT molecular complexity index is 1300. The lowest BCUT2D eigenvalue weighted by Gasteiger charge is -2.38. The van der Waals surface area contributed by atoms with E-state index in [1.165, 1.54) is 55.6 Å². The Labute approximate surface area is 207 Å². The van der Waals surface area contributed by atoms with E-state index in [-0.39, 0.29) is 5.56 Å². The third kappa shape index (κ3) is 4.34. The third-order valence-electron chi connectivity index (χ3n) is 8.16. The Kier molecular flexibility index (Phi) is 6.03. The monoisotopic (exact) mass is 468 g/mol. The zero-order valence-corrected chi connectivity index (χ0v) is 20.5. The summed E-state index contributed by atoms with van der Waals surface area (Å²) < 4.78 is 9.94. The maximum Gasteiger partial charge on any atom is 0.258 e. The summed E-state index contributed by atoms with van der Waals surface area (Å²) in [6.07, 6.45) is 9.84. The highest BCUT2D eigenvalue weighted by Crippen LogP contribution is 2.40.